The van der Waals surface area contributed by atoms with Crippen LogP contribution in [0.25, 0.3) is 0 Å². The fourth-order valence-corrected chi connectivity index (χ4v) is 4.13. The summed E-state index contributed by atoms with van der Waals surface area (Å²) in [7, 11) is 1.76. The van der Waals surface area contributed by atoms with Crippen molar-refractivity contribution in [2.75, 3.05) is 13.7 Å². The first-order chi connectivity index (χ1) is 9.81. The van der Waals surface area contributed by atoms with E-state index in [1.165, 1.54) is 43.2 Å². The number of ether oxygens (including phenoxy) is 1. The molecule has 1 N–H and O–H groups in total. The van der Waals surface area contributed by atoms with Gasteiger partial charge in [0, 0.05) is 6.04 Å². The molecule has 2 heteroatoms. The van der Waals surface area contributed by atoms with Gasteiger partial charge in [0.15, 0.2) is 0 Å². The van der Waals surface area contributed by atoms with E-state index in [4.69, 9.17) is 4.74 Å². The van der Waals surface area contributed by atoms with E-state index in [1.807, 2.05) is 0 Å². The highest BCUT2D eigenvalue weighted by Gasteiger charge is 2.31. The average Bonchev–Trinajstić information content (AvgIpc) is 2.53. The molecule has 1 aliphatic carbocycles. The number of fused-ring (bicyclic) bond motifs is 1. The molecule has 0 saturated heterocycles. The Bertz CT molecular complexity index is 457. The predicted octanol–water partition coefficient (Wildman–Crippen LogP) is 4.10. The summed E-state index contributed by atoms with van der Waals surface area (Å²) in [5.74, 6) is 2.76. The van der Waals surface area contributed by atoms with Crippen LogP contribution in [0.2, 0.25) is 0 Å². The molecule has 1 heterocycles. The van der Waals surface area contributed by atoms with Crippen molar-refractivity contribution in [2.45, 2.75) is 51.5 Å². The highest BCUT2D eigenvalue weighted by Crippen LogP contribution is 2.41. The Balaban J connectivity index is 1.82. The van der Waals surface area contributed by atoms with E-state index in [0.717, 1.165) is 30.6 Å². The van der Waals surface area contributed by atoms with Crippen molar-refractivity contribution in [1.82, 2.24) is 5.32 Å². The van der Waals surface area contributed by atoms with Gasteiger partial charge in [0.05, 0.1) is 7.11 Å². The lowest BCUT2D eigenvalue weighted by atomic mass is 9.73. The van der Waals surface area contributed by atoms with Crippen LogP contribution in [0.4, 0.5) is 0 Å². The van der Waals surface area contributed by atoms with Gasteiger partial charge in [0.25, 0.3) is 0 Å². The zero-order valence-corrected chi connectivity index (χ0v) is 12.8. The summed E-state index contributed by atoms with van der Waals surface area (Å²) in [4.78, 5) is 0. The molecule has 3 rings (SSSR count). The first-order valence-electron chi connectivity index (χ1n) is 8.22. The summed E-state index contributed by atoms with van der Waals surface area (Å²) in [5.41, 5.74) is 3.02. The first kappa shape index (κ1) is 13.9. The van der Waals surface area contributed by atoms with Crippen molar-refractivity contribution in [1.29, 1.82) is 0 Å². The molecule has 0 spiro atoms. The SMILES string of the molecule is CCC1CCCC(C2NCCc3cc(OC)ccc32)C1. The molecule has 1 aliphatic heterocycles. The van der Waals surface area contributed by atoms with Crippen LogP contribution in [-0.4, -0.2) is 13.7 Å². The number of nitrogens with one attached hydrogen (secondary N) is 1. The topological polar surface area (TPSA) is 21.3 Å². The summed E-state index contributed by atoms with van der Waals surface area (Å²) in [6.07, 6.45) is 8.12. The molecule has 1 aromatic rings. The highest BCUT2D eigenvalue weighted by molar-refractivity contribution is 5.39. The lowest BCUT2D eigenvalue weighted by molar-refractivity contribution is 0.205. The minimum Gasteiger partial charge on any atom is -0.497 e. The normalized spacial score (nSPS) is 29.8. The number of benzene rings is 1. The average molecular weight is 273 g/mol. The molecule has 110 valence electrons. The van der Waals surface area contributed by atoms with E-state index in [0.29, 0.717) is 6.04 Å². The van der Waals surface area contributed by atoms with Gasteiger partial charge >= 0.3 is 0 Å². The Morgan fingerprint density at radius 3 is 3.00 bits per heavy atom. The molecule has 1 saturated carbocycles. The Labute approximate surface area is 122 Å². The second-order valence-electron chi connectivity index (χ2n) is 6.45. The molecule has 1 fully saturated rings. The van der Waals surface area contributed by atoms with E-state index in [2.05, 4.69) is 30.4 Å². The maximum atomic E-state index is 5.38. The monoisotopic (exact) mass is 273 g/mol. The lowest BCUT2D eigenvalue weighted by Crippen LogP contribution is -2.36. The molecule has 2 nitrogen and oxygen atoms in total. The van der Waals surface area contributed by atoms with E-state index < -0.39 is 0 Å². The third-order valence-corrected chi connectivity index (χ3v) is 5.32. The van der Waals surface area contributed by atoms with E-state index >= 15 is 0 Å². The molecule has 20 heavy (non-hydrogen) atoms. The largest absolute Gasteiger partial charge is 0.497 e. The van der Waals surface area contributed by atoms with Gasteiger partial charge in [0.2, 0.25) is 0 Å². The molecule has 2 aliphatic rings. The van der Waals surface area contributed by atoms with Crippen LogP contribution < -0.4 is 10.1 Å². The molecule has 0 bridgehead atoms. The van der Waals surface area contributed by atoms with E-state index in [1.54, 1.807) is 7.11 Å². The minimum absolute atomic E-state index is 0.569. The molecule has 0 aromatic heterocycles. The van der Waals surface area contributed by atoms with Gasteiger partial charge in [-0.2, -0.15) is 0 Å². The first-order valence-corrected chi connectivity index (χ1v) is 8.22. The van der Waals surface area contributed by atoms with Gasteiger partial charge in [-0.15, -0.1) is 0 Å². The molecular weight excluding hydrogens is 246 g/mol. The second-order valence-corrected chi connectivity index (χ2v) is 6.45. The zero-order valence-electron chi connectivity index (χ0n) is 12.8. The molecule has 0 radical (unpaired) electrons. The van der Waals surface area contributed by atoms with Crippen LogP contribution in [0, 0.1) is 11.8 Å². The van der Waals surface area contributed by atoms with Crippen molar-refractivity contribution in [3.8, 4) is 5.75 Å². The van der Waals surface area contributed by atoms with Gasteiger partial charge in [-0.25, -0.2) is 0 Å². The third-order valence-electron chi connectivity index (χ3n) is 5.32. The third kappa shape index (κ3) is 2.71. The van der Waals surface area contributed by atoms with Crippen molar-refractivity contribution >= 4 is 0 Å². The van der Waals surface area contributed by atoms with Crippen molar-refractivity contribution in [2.24, 2.45) is 11.8 Å². The lowest BCUT2D eigenvalue weighted by Gasteiger charge is -2.38. The van der Waals surface area contributed by atoms with Crippen LogP contribution in [0.5, 0.6) is 5.75 Å². The fourth-order valence-electron chi connectivity index (χ4n) is 4.13. The minimum atomic E-state index is 0.569. The van der Waals surface area contributed by atoms with Crippen molar-refractivity contribution in [3.63, 3.8) is 0 Å². The zero-order chi connectivity index (χ0) is 13.9. The van der Waals surface area contributed by atoms with Crippen LogP contribution in [-0.2, 0) is 6.42 Å². The molecule has 1 aromatic carbocycles. The number of hydrogen-bond acceptors (Lipinski definition) is 2. The number of rotatable bonds is 3. The van der Waals surface area contributed by atoms with Gasteiger partial charge in [-0.3, -0.25) is 0 Å². The smallest absolute Gasteiger partial charge is 0.119 e. The molecule has 3 unspecified atom stereocenters. The second kappa shape index (κ2) is 6.17. The summed E-state index contributed by atoms with van der Waals surface area (Å²) >= 11 is 0. The van der Waals surface area contributed by atoms with Crippen molar-refractivity contribution < 1.29 is 4.74 Å². The van der Waals surface area contributed by atoms with E-state index in [-0.39, 0.29) is 0 Å². The summed E-state index contributed by atoms with van der Waals surface area (Å²) in [5, 5.41) is 3.79. The maximum Gasteiger partial charge on any atom is 0.119 e. The number of methoxy groups -OCH3 is 1. The Morgan fingerprint density at radius 1 is 1.30 bits per heavy atom. The Kier molecular flexibility index (Phi) is 4.30. The van der Waals surface area contributed by atoms with Crippen LogP contribution in [0.3, 0.4) is 0 Å². The van der Waals surface area contributed by atoms with E-state index in [9.17, 15) is 0 Å². The highest BCUT2D eigenvalue weighted by atomic mass is 16.5. The van der Waals surface area contributed by atoms with Gasteiger partial charge in [-0.1, -0.05) is 32.3 Å². The fraction of sp³-hybridized carbons (Fsp3) is 0.667. The number of hydrogen-bond donors (Lipinski definition) is 1. The quantitative estimate of drug-likeness (QED) is 0.895. The summed E-state index contributed by atoms with van der Waals surface area (Å²) in [6, 6.07) is 7.22. The van der Waals surface area contributed by atoms with Crippen LogP contribution in [0.15, 0.2) is 18.2 Å². The van der Waals surface area contributed by atoms with Gasteiger partial charge in [-0.05, 0) is 60.9 Å². The molecule has 0 amide bonds. The summed E-state index contributed by atoms with van der Waals surface area (Å²) < 4.78 is 5.38. The molecule has 3 atom stereocenters. The van der Waals surface area contributed by atoms with Gasteiger partial charge in [0.1, 0.15) is 5.75 Å². The van der Waals surface area contributed by atoms with Crippen LogP contribution >= 0.6 is 0 Å². The maximum absolute atomic E-state index is 5.38. The summed E-state index contributed by atoms with van der Waals surface area (Å²) in [6.45, 7) is 3.46. The van der Waals surface area contributed by atoms with Gasteiger partial charge < -0.3 is 10.1 Å². The van der Waals surface area contributed by atoms with Crippen LogP contribution in [0.1, 0.15) is 56.2 Å². The van der Waals surface area contributed by atoms with Crippen molar-refractivity contribution in [3.05, 3.63) is 29.3 Å². The predicted molar refractivity (Wildman–Crippen MR) is 83.2 cm³/mol. The Hall–Kier alpha value is -1.02. The Morgan fingerprint density at radius 2 is 2.20 bits per heavy atom. The standard InChI is InChI=1S/C18H27NO/c1-3-13-5-4-6-15(11-13)18-17-8-7-16(20-2)12-14(17)9-10-19-18/h7-8,12-13,15,18-19H,3-6,9-11H2,1-2H3. The molecular formula is C18H27NO.